The average molecular weight is 689 g/mol. The maximum atomic E-state index is 14.7. The van der Waals surface area contributed by atoms with Crippen molar-refractivity contribution in [2.75, 3.05) is 73.6 Å². The van der Waals surface area contributed by atoms with Crippen molar-refractivity contribution in [2.45, 2.75) is 63.1 Å². The molecule has 266 valence electrons. The van der Waals surface area contributed by atoms with Crippen LogP contribution in [0.2, 0.25) is 0 Å². The van der Waals surface area contributed by atoms with E-state index in [0.717, 1.165) is 62.9 Å². The van der Waals surface area contributed by atoms with Gasteiger partial charge in [0.15, 0.2) is 5.82 Å². The van der Waals surface area contributed by atoms with Gasteiger partial charge in [0.05, 0.1) is 36.8 Å². The van der Waals surface area contributed by atoms with Crippen LogP contribution >= 0.6 is 0 Å². The molecule has 1 aliphatic carbocycles. The average Bonchev–Trinajstić information content (AvgIpc) is 3.87. The van der Waals surface area contributed by atoms with E-state index in [1.165, 1.54) is 62.3 Å². The van der Waals surface area contributed by atoms with Gasteiger partial charge in [0, 0.05) is 75.5 Å². The number of hydrogen-bond acceptors (Lipinski definition) is 10. The Morgan fingerprint density at radius 1 is 0.920 bits per heavy atom. The quantitative estimate of drug-likeness (QED) is 0.245. The lowest BCUT2D eigenvalue weighted by Crippen LogP contribution is -2.54. The standard InChI is InChI=1S/C37H46F2N8O3/c1-3-37(48)43-30-21-31(42-35-23-36(41-24-40-35)47-32(12-19-50-47)28-20-25(38)8-9-29(28)39)34(49-2)22-33(30)46-13-10-27(11-14-46)45-17-15-44(16-18-45)26-6-4-5-7-26/h3,8-9,20-24,26-27,32H,1,4-7,10-19H2,2H3,(H,43,48)(H,40,41,42). The highest BCUT2D eigenvalue weighted by Crippen LogP contribution is 2.41. The summed E-state index contributed by atoms with van der Waals surface area (Å²) in [6.45, 7) is 10.3. The van der Waals surface area contributed by atoms with Crippen LogP contribution in [0.4, 0.5) is 37.5 Å². The van der Waals surface area contributed by atoms with Crippen molar-refractivity contribution >= 4 is 34.6 Å². The molecule has 3 aromatic rings. The number of aromatic nitrogens is 2. The van der Waals surface area contributed by atoms with Crippen molar-refractivity contribution in [2.24, 2.45) is 0 Å². The van der Waals surface area contributed by atoms with Crippen LogP contribution in [0.5, 0.6) is 5.75 Å². The fourth-order valence-corrected chi connectivity index (χ4v) is 8.01. The number of anilines is 5. The number of benzene rings is 2. The fraction of sp³-hybridized carbons (Fsp3) is 0.486. The molecule has 1 saturated carbocycles. The molecule has 3 aliphatic heterocycles. The van der Waals surface area contributed by atoms with Crippen LogP contribution in [-0.2, 0) is 9.63 Å². The molecule has 11 nitrogen and oxygen atoms in total. The van der Waals surface area contributed by atoms with E-state index in [9.17, 15) is 13.6 Å². The third-order valence-electron chi connectivity index (χ3n) is 10.6. The molecule has 1 amide bonds. The van der Waals surface area contributed by atoms with Crippen LogP contribution in [-0.4, -0.2) is 90.7 Å². The van der Waals surface area contributed by atoms with Gasteiger partial charge in [0.2, 0.25) is 5.91 Å². The van der Waals surface area contributed by atoms with E-state index in [2.05, 4.69) is 41.9 Å². The first-order valence-electron chi connectivity index (χ1n) is 17.7. The van der Waals surface area contributed by atoms with Gasteiger partial charge in [-0.15, -0.1) is 0 Å². The Kier molecular flexibility index (Phi) is 10.4. The molecule has 50 heavy (non-hydrogen) atoms. The second-order valence-corrected chi connectivity index (χ2v) is 13.5. The van der Waals surface area contributed by atoms with E-state index in [1.54, 1.807) is 13.2 Å². The number of hydrogen-bond donors (Lipinski definition) is 2. The van der Waals surface area contributed by atoms with Crippen LogP contribution in [0, 0.1) is 11.6 Å². The molecule has 3 saturated heterocycles. The summed E-state index contributed by atoms with van der Waals surface area (Å²) in [7, 11) is 1.60. The zero-order valence-corrected chi connectivity index (χ0v) is 28.6. The number of rotatable bonds is 10. The second kappa shape index (κ2) is 15.3. The van der Waals surface area contributed by atoms with Gasteiger partial charge in [-0.2, -0.15) is 0 Å². The largest absolute Gasteiger partial charge is 0.494 e. The molecule has 4 aliphatic rings. The van der Waals surface area contributed by atoms with Gasteiger partial charge in [-0.3, -0.25) is 19.4 Å². The number of piperidine rings is 1. The normalized spacial score (nSPS) is 21.1. The van der Waals surface area contributed by atoms with Crippen LogP contribution in [0.3, 0.4) is 0 Å². The number of carbonyl (C=O) groups excluding carboxylic acids is 1. The van der Waals surface area contributed by atoms with Crippen LogP contribution in [0.25, 0.3) is 0 Å². The number of hydroxylamine groups is 1. The predicted octanol–water partition coefficient (Wildman–Crippen LogP) is 6.04. The number of nitrogens with one attached hydrogen (secondary N) is 2. The van der Waals surface area contributed by atoms with E-state index in [0.29, 0.717) is 47.8 Å². The maximum absolute atomic E-state index is 14.7. The molecule has 4 heterocycles. The smallest absolute Gasteiger partial charge is 0.247 e. The zero-order valence-electron chi connectivity index (χ0n) is 28.6. The molecule has 0 radical (unpaired) electrons. The molecule has 0 spiro atoms. The van der Waals surface area contributed by atoms with Crippen LogP contribution in [0.15, 0.2) is 55.4 Å². The monoisotopic (exact) mass is 688 g/mol. The first kappa shape index (κ1) is 34.1. The van der Waals surface area contributed by atoms with Crippen molar-refractivity contribution in [3.8, 4) is 5.75 Å². The number of amides is 1. The number of methoxy groups -OCH3 is 1. The van der Waals surface area contributed by atoms with Crippen molar-refractivity contribution in [1.82, 2.24) is 19.8 Å². The van der Waals surface area contributed by atoms with Crippen molar-refractivity contribution in [3.05, 3.63) is 72.6 Å². The first-order chi connectivity index (χ1) is 24.4. The minimum atomic E-state index is -0.561. The zero-order chi connectivity index (χ0) is 34.6. The molecule has 1 atom stereocenters. The lowest BCUT2D eigenvalue weighted by Gasteiger charge is -2.44. The molecular formula is C37H46F2N8O3. The Bertz CT molecular complexity index is 1670. The number of piperazine rings is 1. The van der Waals surface area contributed by atoms with Gasteiger partial charge in [-0.05, 0) is 56.0 Å². The molecule has 0 bridgehead atoms. The Hall–Kier alpha value is -4.33. The summed E-state index contributed by atoms with van der Waals surface area (Å²) in [6, 6.07) is 9.63. The summed E-state index contributed by atoms with van der Waals surface area (Å²) >= 11 is 0. The number of ether oxygens (including phenoxy) is 1. The summed E-state index contributed by atoms with van der Waals surface area (Å²) in [4.78, 5) is 34.9. The molecule has 1 aromatic heterocycles. The van der Waals surface area contributed by atoms with Gasteiger partial charge >= 0.3 is 0 Å². The van der Waals surface area contributed by atoms with Gasteiger partial charge in [0.25, 0.3) is 0 Å². The van der Waals surface area contributed by atoms with Gasteiger partial charge in [-0.1, -0.05) is 19.4 Å². The van der Waals surface area contributed by atoms with E-state index < -0.39 is 17.7 Å². The third-order valence-corrected chi connectivity index (χ3v) is 10.6. The molecule has 2 aromatic carbocycles. The molecule has 7 rings (SSSR count). The number of nitrogens with zero attached hydrogens (tertiary/aromatic N) is 6. The Labute approximate surface area is 292 Å². The lowest BCUT2D eigenvalue weighted by molar-refractivity contribution is -0.111. The van der Waals surface area contributed by atoms with Gasteiger partial charge in [0.1, 0.15) is 29.5 Å². The van der Waals surface area contributed by atoms with Gasteiger partial charge in [-0.25, -0.2) is 23.8 Å². The fourth-order valence-electron chi connectivity index (χ4n) is 8.01. The van der Waals surface area contributed by atoms with E-state index >= 15 is 0 Å². The summed E-state index contributed by atoms with van der Waals surface area (Å²) in [5.41, 5.74) is 2.27. The SMILES string of the molecule is C=CC(=O)Nc1cc(Nc2cc(N3OCCC3c3cc(F)ccc3F)ncn2)c(OC)cc1N1CCC(N2CCN(C3CCCC3)CC2)CC1. The highest BCUT2D eigenvalue weighted by molar-refractivity contribution is 6.02. The molecule has 1 unspecified atom stereocenters. The summed E-state index contributed by atoms with van der Waals surface area (Å²) in [6.07, 6.45) is 10.6. The van der Waals surface area contributed by atoms with Crippen molar-refractivity contribution in [1.29, 1.82) is 0 Å². The first-order valence-corrected chi connectivity index (χ1v) is 17.7. The van der Waals surface area contributed by atoms with Crippen molar-refractivity contribution in [3.63, 3.8) is 0 Å². The minimum absolute atomic E-state index is 0.196. The molecule has 4 fully saturated rings. The molecule has 13 heteroatoms. The maximum Gasteiger partial charge on any atom is 0.247 e. The lowest BCUT2D eigenvalue weighted by atomic mass is 10.0. The van der Waals surface area contributed by atoms with Crippen LogP contribution < -0.4 is 25.3 Å². The minimum Gasteiger partial charge on any atom is -0.494 e. The predicted molar refractivity (Wildman–Crippen MR) is 190 cm³/mol. The highest BCUT2D eigenvalue weighted by Gasteiger charge is 2.33. The summed E-state index contributed by atoms with van der Waals surface area (Å²) in [5.74, 6) is 0.0184. The summed E-state index contributed by atoms with van der Waals surface area (Å²) < 4.78 is 34.6. The Morgan fingerprint density at radius 2 is 1.64 bits per heavy atom. The van der Waals surface area contributed by atoms with E-state index in [-0.39, 0.29) is 11.5 Å². The Balaban J connectivity index is 1.07. The second-order valence-electron chi connectivity index (χ2n) is 13.5. The van der Waals surface area contributed by atoms with Crippen molar-refractivity contribution < 1.29 is 23.1 Å². The summed E-state index contributed by atoms with van der Waals surface area (Å²) in [5, 5.41) is 7.78. The molecular weight excluding hydrogens is 642 g/mol. The van der Waals surface area contributed by atoms with E-state index in [4.69, 9.17) is 9.57 Å². The topological polar surface area (TPSA) is 98.3 Å². The number of halogens is 2. The molecule has 2 N–H and O–H groups in total. The van der Waals surface area contributed by atoms with Gasteiger partial charge < -0.3 is 20.3 Å². The van der Waals surface area contributed by atoms with Crippen LogP contribution in [0.1, 0.15) is 56.6 Å². The van der Waals surface area contributed by atoms with E-state index in [1.807, 2.05) is 12.1 Å². The Morgan fingerprint density at radius 3 is 2.34 bits per heavy atom. The third kappa shape index (κ3) is 7.40. The number of carbonyl (C=O) groups is 1. The highest BCUT2D eigenvalue weighted by atomic mass is 19.1.